The molecule has 2 atom stereocenters. The third kappa shape index (κ3) is 25.0. The molecule has 49 heavy (non-hydrogen) atoms. The van der Waals surface area contributed by atoms with Crippen LogP contribution in [0.15, 0.2) is 0 Å². The largest absolute Gasteiger partial charge is 0.464 e. The van der Waals surface area contributed by atoms with Gasteiger partial charge in [0.05, 0.1) is 0 Å². The first-order valence-electron chi connectivity index (χ1n) is 20.8. The van der Waals surface area contributed by atoms with Crippen molar-refractivity contribution in [2.45, 2.75) is 175 Å². The van der Waals surface area contributed by atoms with Crippen molar-refractivity contribution in [3.63, 3.8) is 0 Å². The summed E-state index contributed by atoms with van der Waals surface area (Å²) >= 11 is 0. The summed E-state index contributed by atoms with van der Waals surface area (Å²) < 4.78 is 5.36. The first kappa shape index (κ1) is 45.3. The Morgan fingerprint density at radius 3 is 1.45 bits per heavy atom. The van der Waals surface area contributed by atoms with Crippen LogP contribution in [0.1, 0.15) is 163 Å². The molecule has 1 fully saturated rings. The summed E-state index contributed by atoms with van der Waals surface area (Å²) in [5.41, 5.74) is 0. The van der Waals surface area contributed by atoms with Crippen LogP contribution in [0.5, 0.6) is 0 Å². The van der Waals surface area contributed by atoms with E-state index in [-0.39, 0.29) is 29.9 Å². The number of unbranched alkanes of at least 4 members (excludes halogenated alkanes) is 8. The van der Waals surface area contributed by atoms with Crippen molar-refractivity contribution in [1.29, 1.82) is 0 Å². The van der Waals surface area contributed by atoms with Crippen LogP contribution in [0, 0.1) is 0 Å². The van der Waals surface area contributed by atoms with Crippen LogP contribution >= 0.6 is 0 Å². The zero-order valence-corrected chi connectivity index (χ0v) is 32.8. The van der Waals surface area contributed by atoms with Crippen LogP contribution < -0.4 is 10.6 Å². The van der Waals surface area contributed by atoms with Crippen LogP contribution in [0.4, 0.5) is 0 Å². The molecule has 2 unspecified atom stereocenters. The third-order valence-electron chi connectivity index (χ3n) is 9.99. The number of hydrogen-bond donors (Lipinski definition) is 2. The van der Waals surface area contributed by atoms with Crippen molar-refractivity contribution in [2.24, 2.45) is 0 Å². The van der Waals surface area contributed by atoms with Gasteiger partial charge in [-0.3, -0.25) is 24.2 Å². The average molecular weight is 694 g/mol. The molecular formula is C40H79N5O4. The molecule has 9 heteroatoms. The molecule has 0 aromatic rings. The normalized spacial score (nSPS) is 15.3. The standard InChI is InChI=1S/C40H79N5O4/c1-6-11-15-17-22-36(20-13-8-3)41-38(46)24-26-43(27-25-39(47)42-37(21-14-9-4)23-18-16-12-7-2)28-29-44-30-32-45(33-31-44)34-35-49-40(48)19-10-5/h36-37H,6-35H2,1-5H3,(H,41,46)(H,42,47). The molecule has 0 aliphatic carbocycles. The lowest BCUT2D eigenvalue weighted by Gasteiger charge is -2.35. The minimum Gasteiger partial charge on any atom is -0.464 e. The molecule has 0 saturated carbocycles. The lowest BCUT2D eigenvalue weighted by atomic mass is 10.0. The van der Waals surface area contributed by atoms with Gasteiger partial charge in [0.25, 0.3) is 0 Å². The van der Waals surface area contributed by atoms with Gasteiger partial charge >= 0.3 is 5.97 Å². The Morgan fingerprint density at radius 2 is 1.00 bits per heavy atom. The lowest BCUT2D eigenvalue weighted by Crippen LogP contribution is -2.49. The molecule has 2 N–H and O–H groups in total. The Hall–Kier alpha value is -1.71. The molecule has 2 amide bonds. The maximum absolute atomic E-state index is 13.2. The number of nitrogens with zero attached hydrogens (tertiary/aromatic N) is 3. The van der Waals surface area contributed by atoms with Crippen molar-refractivity contribution in [3.8, 4) is 0 Å². The minimum atomic E-state index is -0.101. The molecule has 1 heterocycles. The summed E-state index contributed by atoms with van der Waals surface area (Å²) in [4.78, 5) is 45.3. The van der Waals surface area contributed by atoms with Gasteiger partial charge < -0.3 is 20.3 Å². The van der Waals surface area contributed by atoms with E-state index in [0.29, 0.717) is 39.0 Å². The molecule has 0 radical (unpaired) electrons. The molecule has 1 rings (SSSR count). The predicted molar refractivity (Wildman–Crippen MR) is 205 cm³/mol. The van der Waals surface area contributed by atoms with Crippen LogP contribution in [-0.2, 0) is 19.1 Å². The van der Waals surface area contributed by atoms with Gasteiger partial charge in [0.15, 0.2) is 0 Å². The van der Waals surface area contributed by atoms with E-state index in [0.717, 1.165) is 104 Å². The number of nitrogens with one attached hydrogen (secondary N) is 2. The van der Waals surface area contributed by atoms with Crippen LogP contribution in [0.3, 0.4) is 0 Å². The molecule has 0 bridgehead atoms. The summed E-state index contributed by atoms with van der Waals surface area (Å²) in [5.74, 6) is 0.188. The van der Waals surface area contributed by atoms with Crippen molar-refractivity contribution in [2.75, 3.05) is 65.5 Å². The third-order valence-corrected chi connectivity index (χ3v) is 9.99. The van der Waals surface area contributed by atoms with Crippen LogP contribution in [0.25, 0.3) is 0 Å². The van der Waals surface area contributed by atoms with E-state index >= 15 is 0 Å². The molecule has 1 aliphatic rings. The summed E-state index contributed by atoms with van der Waals surface area (Å²) in [6.45, 7) is 19.2. The number of esters is 1. The van der Waals surface area contributed by atoms with E-state index < -0.39 is 0 Å². The van der Waals surface area contributed by atoms with E-state index in [1.807, 2.05) is 6.92 Å². The number of amides is 2. The second-order valence-electron chi connectivity index (χ2n) is 14.5. The first-order valence-corrected chi connectivity index (χ1v) is 20.8. The summed E-state index contributed by atoms with van der Waals surface area (Å²) in [7, 11) is 0. The highest BCUT2D eigenvalue weighted by Gasteiger charge is 2.20. The summed E-state index contributed by atoms with van der Waals surface area (Å²) in [5, 5.41) is 6.74. The molecule has 1 saturated heterocycles. The average Bonchev–Trinajstić information content (AvgIpc) is 3.09. The number of hydrogen-bond acceptors (Lipinski definition) is 7. The quantitative estimate of drug-likeness (QED) is 0.0564. The summed E-state index contributed by atoms with van der Waals surface area (Å²) in [6.07, 6.45) is 20.9. The van der Waals surface area contributed by atoms with E-state index in [1.54, 1.807) is 0 Å². The van der Waals surface area contributed by atoms with Gasteiger partial charge in [-0.25, -0.2) is 0 Å². The Balaban J connectivity index is 2.69. The minimum absolute atomic E-state index is 0.101. The maximum atomic E-state index is 13.2. The Labute approximate surface area is 302 Å². The van der Waals surface area contributed by atoms with Crippen molar-refractivity contribution in [1.82, 2.24) is 25.3 Å². The first-order chi connectivity index (χ1) is 23.8. The molecule has 9 nitrogen and oxygen atoms in total. The highest BCUT2D eigenvalue weighted by atomic mass is 16.5. The number of rotatable bonds is 32. The topological polar surface area (TPSA) is 94.2 Å². The monoisotopic (exact) mass is 694 g/mol. The number of carbonyl (C=O) groups is 3. The van der Waals surface area contributed by atoms with Gasteiger partial charge in [0, 0.05) is 90.2 Å². The molecule has 0 spiro atoms. The molecule has 288 valence electrons. The van der Waals surface area contributed by atoms with E-state index in [4.69, 9.17) is 4.74 Å². The lowest BCUT2D eigenvalue weighted by molar-refractivity contribution is -0.144. The molecule has 0 aromatic heterocycles. The second-order valence-corrected chi connectivity index (χ2v) is 14.5. The molecular weight excluding hydrogens is 614 g/mol. The fraction of sp³-hybridized carbons (Fsp3) is 0.925. The van der Waals surface area contributed by atoms with Crippen molar-refractivity contribution >= 4 is 17.8 Å². The molecule has 1 aliphatic heterocycles. The highest BCUT2D eigenvalue weighted by Crippen LogP contribution is 2.13. The van der Waals surface area contributed by atoms with Crippen molar-refractivity contribution < 1.29 is 19.1 Å². The van der Waals surface area contributed by atoms with Crippen LogP contribution in [-0.4, -0.2) is 110 Å². The highest BCUT2D eigenvalue weighted by molar-refractivity contribution is 5.77. The Kier molecular flexibility index (Phi) is 28.7. The zero-order valence-electron chi connectivity index (χ0n) is 32.8. The maximum Gasteiger partial charge on any atom is 0.305 e. The number of ether oxygens (including phenoxy) is 1. The van der Waals surface area contributed by atoms with Crippen LogP contribution in [0.2, 0.25) is 0 Å². The Morgan fingerprint density at radius 1 is 0.551 bits per heavy atom. The fourth-order valence-corrected chi connectivity index (χ4v) is 6.65. The van der Waals surface area contributed by atoms with Gasteiger partial charge in [-0.2, -0.15) is 0 Å². The summed E-state index contributed by atoms with van der Waals surface area (Å²) in [6, 6.07) is 0.541. The van der Waals surface area contributed by atoms with E-state index in [1.165, 1.54) is 51.4 Å². The van der Waals surface area contributed by atoms with Gasteiger partial charge in [-0.1, -0.05) is 112 Å². The van der Waals surface area contributed by atoms with Gasteiger partial charge in [-0.05, 0) is 32.1 Å². The van der Waals surface area contributed by atoms with E-state index in [9.17, 15) is 14.4 Å². The Bertz CT molecular complexity index is 778. The smallest absolute Gasteiger partial charge is 0.305 e. The van der Waals surface area contributed by atoms with E-state index in [2.05, 4.69) is 53.0 Å². The zero-order chi connectivity index (χ0) is 36.0. The SMILES string of the molecule is CCCCCCC(CCCC)NC(=O)CCN(CCC(=O)NC(CCCC)CCCCCC)CCN1CCN(CCOC(=O)CCC)CC1. The van der Waals surface area contributed by atoms with Crippen molar-refractivity contribution in [3.05, 3.63) is 0 Å². The van der Waals surface area contributed by atoms with Gasteiger partial charge in [-0.15, -0.1) is 0 Å². The van der Waals surface area contributed by atoms with Gasteiger partial charge in [0.2, 0.25) is 11.8 Å². The second kappa shape index (κ2) is 31.1. The number of piperazine rings is 1. The fourth-order valence-electron chi connectivity index (χ4n) is 6.65. The van der Waals surface area contributed by atoms with Gasteiger partial charge in [0.1, 0.15) is 6.61 Å². The molecule has 0 aromatic carbocycles. The predicted octanol–water partition coefficient (Wildman–Crippen LogP) is 7.32. The number of carbonyl (C=O) groups excluding carboxylic acids is 3.